The van der Waals surface area contributed by atoms with E-state index in [1.54, 1.807) is 0 Å². The summed E-state index contributed by atoms with van der Waals surface area (Å²) in [7, 11) is 0. The van der Waals surface area contributed by atoms with Crippen LogP contribution >= 0.6 is 0 Å². The number of rotatable bonds is 4. The average Bonchev–Trinajstić information content (AvgIpc) is 2.31. The van der Waals surface area contributed by atoms with E-state index in [1.165, 1.54) is 0 Å². The largest absolute Gasteiger partial charge is 0.396 e. The number of nitrogens with two attached hydrogens (primary N) is 2. The molecule has 82 valence electrons. The van der Waals surface area contributed by atoms with Crippen LogP contribution in [0.5, 0.6) is 0 Å². The van der Waals surface area contributed by atoms with Crippen LogP contribution in [-0.4, -0.2) is 25.1 Å². The van der Waals surface area contributed by atoms with E-state index in [0.29, 0.717) is 12.6 Å². The molecule has 0 radical (unpaired) electrons. The van der Waals surface area contributed by atoms with Crippen molar-refractivity contribution in [1.82, 2.24) is 0 Å². The topological polar surface area (TPSA) is 120 Å². The van der Waals surface area contributed by atoms with Gasteiger partial charge in [-0.05, 0) is 0 Å². The Hall–Kier alpha value is -2.50. The molecule has 1 rings (SSSR count). The van der Waals surface area contributed by atoms with Crippen LogP contribution < -0.4 is 11.5 Å². The van der Waals surface area contributed by atoms with Gasteiger partial charge in [0.2, 0.25) is 0 Å². The van der Waals surface area contributed by atoms with Crippen molar-refractivity contribution < 1.29 is 19.2 Å². The molecule has 4 N–H and O–H groups in total. The number of carbonyl (C=O) groups is 4. The lowest BCUT2D eigenvalue weighted by Crippen LogP contribution is -2.11. The molecular weight excluding hydrogens is 212 g/mol. The molecule has 0 heterocycles. The first-order valence-corrected chi connectivity index (χ1v) is 4.17. The Morgan fingerprint density at radius 2 is 0.812 bits per heavy atom. The van der Waals surface area contributed by atoms with Crippen LogP contribution in [0.25, 0.3) is 0 Å². The molecule has 0 aliphatic heterocycles. The second kappa shape index (κ2) is 4.35. The summed E-state index contributed by atoms with van der Waals surface area (Å²) in [5, 5.41) is 0. The molecule has 0 aliphatic rings. The molecule has 0 spiro atoms. The average molecular weight is 220 g/mol. The summed E-state index contributed by atoms with van der Waals surface area (Å²) in [6.07, 6.45) is 1.21. The highest BCUT2D eigenvalue weighted by Gasteiger charge is 2.19. The number of hydrogen-bond donors (Lipinski definition) is 2. The van der Waals surface area contributed by atoms with Gasteiger partial charge in [-0.15, -0.1) is 0 Å². The van der Waals surface area contributed by atoms with Crippen molar-refractivity contribution in [2.24, 2.45) is 0 Å². The zero-order valence-electron chi connectivity index (χ0n) is 8.10. The predicted molar refractivity (Wildman–Crippen MR) is 56.8 cm³/mol. The zero-order chi connectivity index (χ0) is 12.3. The third kappa shape index (κ3) is 1.46. The SMILES string of the molecule is Nc1c(N)c(C=O)c(C=O)c(C=O)c1C=O. The van der Waals surface area contributed by atoms with Gasteiger partial charge in [0.25, 0.3) is 0 Å². The third-order valence-corrected chi connectivity index (χ3v) is 2.21. The monoisotopic (exact) mass is 220 g/mol. The van der Waals surface area contributed by atoms with Gasteiger partial charge < -0.3 is 11.5 Å². The summed E-state index contributed by atoms with van der Waals surface area (Å²) >= 11 is 0. The van der Waals surface area contributed by atoms with Crippen molar-refractivity contribution in [3.63, 3.8) is 0 Å². The van der Waals surface area contributed by atoms with Crippen LogP contribution in [0.3, 0.4) is 0 Å². The normalized spacial score (nSPS) is 9.50. The molecule has 0 fully saturated rings. The van der Waals surface area contributed by atoms with Gasteiger partial charge in [-0.1, -0.05) is 0 Å². The lowest BCUT2D eigenvalue weighted by atomic mass is 9.95. The van der Waals surface area contributed by atoms with Gasteiger partial charge in [0, 0.05) is 11.1 Å². The van der Waals surface area contributed by atoms with Gasteiger partial charge in [-0.25, -0.2) is 0 Å². The Bertz CT molecular complexity index is 449. The van der Waals surface area contributed by atoms with Crippen LogP contribution in [-0.2, 0) is 0 Å². The minimum atomic E-state index is -0.223. The van der Waals surface area contributed by atoms with Crippen molar-refractivity contribution in [2.45, 2.75) is 0 Å². The van der Waals surface area contributed by atoms with E-state index in [2.05, 4.69) is 0 Å². The summed E-state index contributed by atoms with van der Waals surface area (Å²) < 4.78 is 0. The Kier molecular flexibility index (Phi) is 3.14. The second-order valence-corrected chi connectivity index (χ2v) is 2.95. The maximum atomic E-state index is 10.8. The molecule has 0 unspecified atom stereocenters. The van der Waals surface area contributed by atoms with Gasteiger partial charge in [-0.3, -0.25) is 19.2 Å². The highest BCUT2D eigenvalue weighted by Crippen LogP contribution is 2.28. The lowest BCUT2D eigenvalue weighted by Gasteiger charge is -2.11. The number of nitrogen functional groups attached to an aromatic ring is 2. The first-order valence-electron chi connectivity index (χ1n) is 4.17. The van der Waals surface area contributed by atoms with Gasteiger partial charge in [0.15, 0.2) is 25.1 Å². The van der Waals surface area contributed by atoms with E-state index < -0.39 is 0 Å². The van der Waals surface area contributed by atoms with Crippen LogP contribution in [0.15, 0.2) is 0 Å². The van der Waals surface area contributed by atoms with Crippen LogP contribution in [0.1, 0.15) is 41.4 Å². The fourth-order valence-corrected chi connectivity index (χ4v) is 1.38. The minimum Gasteiger partial charge on any atom is -0.396 e. The Labute approximate surface area is 90.2 Å². The molecule has 0 saturated carbocycles. The van der Waals surface area contributed by atoms with Crippen molar-refractivity contribution in [1.29, 1.82) is 0 Å². The summed E-state index contributed by atoms with van der Waals surface area (Å²) in [6, 6.07) is 0. The smallest absolute Gasteiger partial charge is 0.152 e. The molecule has 0 aromatic heterocycles. The second-order valence-electron chi connectivity index (χ2n) is 2.95. The molecule has 0 bridgehead atoms. The number of carbonyl (C=O) groups excluding carboxylic acids is 4. The zero-order valence-corrected chi connectivity index (χ0v) is 8.10. The minimum absolute atomic E-state index is 0.176. The number of benzene rings is 1. The number of hydrogen-bond acceptors (Lipinski definition) is 6. The first-order chi connectivity index (χ1) is 7.62. The molecule has 1 aromatic rings. The summed E-state index contributed by atoms with van der Waals surface area (Å²) in [5.41, 5.74) is 9.80. The predicted octanol–water partition coefficient (Wildman–Crippen LogP) is 0.101. The summed E-state index contributed by atoms with van der Waals surface area (Å²) in [5.74, 6) is 0. The van der Waals surface area contributed by atoms with Crippen LogP contribution in [0.4, 0.5) is 11.4 Å². The standard InChI is InChI=1S/C10H8N2O4/c11-9-7(3-15)5(1-13)6(2-14)8(4-16)10(9)12/h1-4H,11-12H2. The first kappa shape index (κ1) is 11.6. The number of anilines is 2. The molecule has 6 nitrogen and oxygen atoms in total. The molecule has 16 heavy (non-hydrogen) atoms. The van der Waals surface area contributed by atoms with Crippen molar-refractivity contribution in [3.05, 3.63) is 22.3 Å². The summed E-state index contributed by atoms with van der Waals surface area (Å²) in [6.45, 7) is 0. The Balaban J connectivity index is 3.89. The number of aldehydes is 4. The van der Waals surface area contributed by atoms with Crippen molar-refractivity contribution in [3.8, 4) is 0 Å². The van der Waals surface area contributed by atoms with E-state index >= 15 is 0 Å². The van der Waals surface area contributed by atoms with E-state index in [0.717, 1.165) is 0 Å². The maximum absolute atomic E-state index is 10.8. The molecule has 6 heteroatoms. The highest BCUT2D eigenvalue weighted by molar-refractivity contribution is 6.11. The van der Waals surface area contributed by atoms with Gasteiger partial charge >= 0.3 is 0 Å². The van der Waals surface area contributed by atoms with Crippen LogP contribution in [0.2, 0.25) is 0 Å². The maximum Gasteiger partial charge on any atom is 0.152 e. The molecule has 0 aliphatic carbocycles. The van der Waals surface area contributed by atoms with Crippen molar-refractivity contribution >= 4 is 36.5 Å². The fourth-order valence-electron chi connectivity index (χ4n) is 1.38. The molecule has 0 amide bonds. The molecular formula is C10H8N2O4. The Morgan fingerprint density at radius 1 is 0.562 bits per heavy atom. The van der Waals surface area contributed by atoms with E-state index in [-0.39, 0.29) is 46.2 Å². The van der Waals surface area contributed by atoms with E-state index in [1.807, 2.05) is 0 Å². The Morgan fingerprint density at radius 3 is 1.00 bits per heavy atom. The lowest BCUT2D eigenvalue weighted by molar-refractivity contribution is 0.107. The molecule has 0 saturated heterocycles. The van der Waals surface area contributed by atoms with Crippen LogP contribution in [0, 0.1) is 0 Å². The van der Waals surface area contributed by atoms with Crippen molar-refractivity contribution in [2.75, 3.05) is 11.5 Å². The fraction of sp³-hybridized carbons (Fsp3) is 0. The molecule has 0 atom stereocenters. The quantitative estimate of drug-likeness (QED) is 0.548. The third-order valence-electron chi connectivity index (χ3n) is 2.21. The van der Waals surface area contributed by atoms with Gasteiger partial charge in [0.05, 0.1) is 22.5 Å². The van der Waals surface area contributed by atoms with E-state index in [4.69, 9.17) is 11.5 Å². The summed E-state index contributed by atoms with van der Waals surface area (Å²) in [4.78, 5) is 43.0. The molecule has 1 aromatic carbocycles. The highest BCUT2D eigenvalue weighted by atomic mass is 16.1. The van der Waals surface area contributed by atoms with E-state index in [9.17, 15) is 19.2 Å². The van der Waals surface area contributed by atoms with Gasteiger partial charge in [-0.2, -0.15) is 0 Å². The van der Waals surface area contributed by atoms with Gasteiger partial charge in [0.1, 0.15) is 0 Å².